The lowest BCUT2D eigenvalue weighted by Gasteiger charge is -2.20. The van der Waals surface area contributed by atoms with Crippen molar-refractivity contribution in [2.24, 2.45) is 0 Å². The SMILES string of the molecule is Cc1ccc(N(C)c2nc(C)ncc2C(=O)O)cc1. The third kappa shape index (κ3) is 2.70. The number of benzene rings is 1. The number of hydrogen-bond acceptors (Lipinski definition) is 4. The molecule has 0 fully saturated rings. The molecule has 0 atom stereocenters. The van der Waals surface area contributed by atoms with Gasteiger partial charge >= 0.3 is 5.97 Å². The molecule has 5 nitrogen and oxygen atoms in total. The van der Waals surface area contributed by atoms with Gasteiger partial charge in [-0.15, -0.1) is 0 Å². The molecular formula is C14H15N3O2. The number of carboxylic acids is 1. The van der Waals surface area contributed by atoms with Crippen LogP contribution in [-0.2, 0) is 0 Å². The number of anilines is 2. The minimum Gasteiger partial charge on any atom is -0.477 e. The first-order valence-electron chi connectivity index (χ1n) is 5.86. The number of aromatic nitrogens is 2. The fourth-order valence-electron chi connectivity index (χ4n) is 1.76. The van der Waals surface area contributed by atoms with Crippen LogP contribution in [0, 0.1) is 13.8 Å². The summed E-state index contributed by atoms with van der Waals surface area (Å²) < 4.78 is 0. The van der Waals surface area contributed by atoms with E-state index in [1.54, 1.807) is 18.9 Å². The lowest BCUT2D eigenvalue weighted by atomic mass is 10.2. The summed E-state index contributed by atoms with van der Waals surface area (Å²) in [5, 5.41) is 9.19. The number of hydrogen-bond donors (Lipinski definition) is 1. The van der Waals surface area contributed by atoms with Gasteiger partial charge in [0.1, 0.15) is 11.4 Å². The highest BCUT2D eigenvalue weighted by Gasteiger charge is 2.17. The molecule has 0 spiro atoms. The standard InChI is InChI=1S/C14H15N3O2/c1-9-4-6-11(7-5-9)17(3)13-12(14(18)19)8-15-10(2)16-13/h4-8H,1-3H3,(H,18,19). The first-order chi connectivity index (χ1) is 8.99. The molecule has 1 aromatic heterocycles. The molecule has 5 heteroatoms. The predicted molar refractivity (Wildman–Crippen MR) is 73.0 cm³/mol. The Labute approximate surface area is 111 Å². The Morgan fingerprint density at radius 2 is 1.84 bits per heavy atom. The molecule has 1 aromatic carbocycles. The molecule has 98 valence electrons. The van der Waals surface area contributed by atoms with E-state index in [4.69, 9.17) is 0 Å². The summed E-state index contributed by atoms with van der Waals surface area (Å²) in [4.78, 5) is 21.1. The van der Waals surface area contributed by atoms with Gasteiger partial charge in [0, 0.05) is 18.9 Å². The summed E-state index contributed by atoms with van der Waals surface area (Å²) in [5.41, 5.74) is 2.12. The summed E-state index contributed by atoms with van der Waals surface area (Å²) in [6, 6.07) is 7.80. The quantitative estimate of drug-likeness (QED) is 0.915. The van der Waals surface area contributed by atoms with Crippen molar-refractivity contribution in [2.45, 2.75) is 13.8 Å². The Bertz CT molecular complexity index is 609. The predicted octanol–water partition coefficient (Wildman–Crippen LogP) is 2.56. The number of carboxylic acid groups (broad SMARTS) is 1. The van der Waals surface area contributed by atoms with E-state index in [1.165, 1.54) is 6.20 Å². The van der Waals surface area contributed by atoms with Crippen molar-refractivity contribution < 1.29 is 9.90 Å². The van der Waals surface area contributed by atoms with Crippen LogP contribution in [0.25, 0.3) is 0 Å². The zero-order chi connectivity index (χ0) is 14.0. The topological polar surface area (TPSA) is 66.3 Å². The molecule has 0 aliphatic heterocycles. The van der Waals surface area contributed by atoms with Gasteiger partial charge in [0.05, 0.1) is 0 Å². The third-order valence-corrected chi connectivity index (χ3v) is 2.86. The van der Waals surface area contributed by atoms with Crippen molar-refractivity contribution in [3.05, 3.63) is 47.4 Å². The Kier molecular flexibility index (Phi) is 3.46. The van der Waals surface area contributed by atoms with E-state index in [1.807, 2.05) is 31.2 Å². The molecule has 2 aromatic rings. The second-order valence-corrected chi connectivity index (χ2v) is 4.35. The van der Waals surface area contributed by atoms with Gasteiger partial charge in [-0.1, -0.05) is 17.7 Å². The molecule has 0 aliphatic carbocycles. The number of carbonyl (C=O) groups is 1. The molecule has 1 heterocycles. The minimum absolute atomic E-state index is 0.0914. The Morgan fingerprint density at radius 3 is 2.42 bits per heavy atom. The van der Waals surface area contributed by atoms with Crippen molar-refractivity contribution in [1.29, 1.82) is 0 Å². The van der Waals surface area contributed by atoms with Gasteiger partial charge in [0.15, 0.2) is 5.82 Å². The number of rotatable bonds is 3. The summed E-state index contributed by atoms with van der Waals surface area (Å²) >= 11 is 0. The molecule has 0 saturated carbocycles. The van der Waals surface area contributed by atoms with Crippen LogP contribution in [0.1, 0.15) is 21.7 Å². The van der Waals surface area contributed by atoms with Gasteiger partial charge in [-0.25, -0.2) is 14.8 Å². The van der Waals surface area contributed by atoms with Crippen molar-refractivity contribution >= 4 is 17.5 Å². The average Bonchev–Trinajstić information content (AvgIpc) is 2.38. The van der Waals surface area contributed by atoms with Crippen LogP contribution in [0.15, 0.2) is 30.5 Å². The summed E-state index contributed by atoms with van der Waals surface area (Å²) in [7, 11) is 1.79. The van der Waals surface area contributed by atoms with Gasteiger partial charge < -0.3 is 10.0 Å². The Morgan fingerprint density at radius 1 is 1.21 bits per heavy atom. The maximum absolute atomic E-state index is 11.2. The van der Waals surface area contributed by atoms with E-state index in [9.17, 15) is 9.90 Å². The number of aromatic carboxylic acids is 1. The molecular weight excluding hydrogens is 242 g/mol. The van der Waals surface area contributed by atoms with Gasteiger partial charge in [-0.3, -0.25) is 0 Å². The largest absolute Gasteiger partial charge is 0.477 e. The van der Waals surface area contributed by atoms with E-state index in [2.05, 4.69) is 9.97 Å². The van der Waals surface area contributed by atoms with Crippen LogP contribution in [0.4, 0.5) is 11.5 Å². The van der Waals surface area contributed by atoms with Crippen molar-refractivity contribution in [3.8, 4) is 0 Å². The summed E-state index contributed by atoms with van der Waals surface area (Å²) in [6.07, 6.45) is 1.34. The van der Waals surface area contributed by atoms with E-state index in [-0.39, 0.29) is 5.56 Å². The van der Waals surface area contributed by atoms with Crippen LogP contribution in [-0.4, -0.2) is 28.1 Å². The molecule has 0 radical (unpaired) electrons. The second kappa shape index (κ2) is 5.06. The van der Waals surface area contributed by atoms with Crippen LogP contribution in [0.3, 0.4) is 0 Å². The highest BCUT2D eigenvalue weighted by molar-refractivity contribution is 5.93. The van der Waals surface area contributed by atoms with Gasteiger partial charge in [-0.05, 0) is 26.0 Å². The van der Waals surface area contributed by atoms with Crippen molar-refractivity contribution in [2.75, 3.05) is 11.9 Å². The Hall–Kier alpha value is -2.43. The molecule has 0 unspecified atom stereocenters. The zero-order valence-electron chi connectivity index (χ0n) is 11.1. The molecule has 0 aliphatic rings. The minimum atomic E-state index is -1.03. The van der Waals surface area contributed by atoms with Crippen LogP contribution in [0.5, 0.6) is 0 Å². The molecule has 0 bridgehead atoms. The zero-order valence-corrected chi connectivity index (χ0v) is 11.1. The van der Waals surface area contributed by atoms with Crippen molar-refractivity contribution in [1.82, 2.24) is 9.97 Å². The monoisotopic (exact) mass is 257 g/mol. The van der Waals surface area contributed by atoms with E-state index in [0.29, 0.717) is 11.6 Å². The Balaban J connectivity index is 2.48. The normalized spacial score (nSPS) is 10.3. The van der Waals surface area contributed by atoms with Crippen LogP contribution < -0.4 is 4.90 Å². The van der Waals surface area contributed by atoms with Crippen LogP contribution in [0.2, 0.25) is 0 Å². The lowest BCUT2D eigenvalue weighted by molar-refractivity contribution is 0.0697. The molecule has 2 rings (SSSR count). The first-order valence-corrected chi connectivity index (χ1v) is 5.86. The smallest absolute Gasteiger partial charge is 0.341 e. The summed E-state index contributed by atoms with van der Waals surface area (Å²) in [5.74, 6) is -0.100. The van der Waals surface area contributed by atoms with Gasteiger partial charge in [0.25, 0.3) is 0 Å². The van der Waals surface area contributed by atoms with E-state index in [0.717, 1.165) is 11.3 Å². The van der Waals surface area contributed by atoms with Crippen LogP contribution >= 0.6 is 0 Å². The molecule has 1 N–H and O–H groups in total. The fraction of sp³-hybridized carbons (Fsp3) is 0.214. The maximum atomic E-state index is 11.2. The van der Waals surface area contributed by atoms with Gasteiger partial charge in [-0.2, -0.15) is 0 Å². The van der Waals surface area contributed by atoms with E-state index >= 15 is 0 Å². The highest BCUT2D eigenvalue weighted by Crippen LogP contribution is 2.25. The second-order valence-electron chi connectivity index (χ2n) is 4.35. The van der Waals surface area contributed by atoms with Gasteiger partial charge in [0.2, 0.25) is 0 Å². The number of nitrogens with zero attached hydrogens (tertiary/aromatic N) is 3. The van der Waals surface area contributed by atoms with Crippen molar-refractivity contribution in [3.63, 3.8) is 0 Å². The summed E-state index contributed by atoms with van der Waals surface area (Å²) in [6.45, 7) is 3.74. The third-order valence-electron chi connectivity index (χ3n) is 2.86. The molecule has 0 amide bonds. The average molecular weight is 257 g/mol. The fourth-order valence-corrected chi connectivity index (χ4v) is 1.76. The number of aryl methyl sites for hydroxylation is 2. The van der Waals surface area contributed by atoms with E-state index < -0.39 is 5.97 Å². The maximum Gasteiger partial charge on any atom is 0.341 e. The lowest BCUT2D eigenvalue weighted by Crippen LogP contribution is -2.17. The molecule has 19 heavy (non-hydrogen) atoms. The highest BCUT2D eigenvalue weighted by atomic mass is 16.4. The first kappa shape index (κ1) is 13.0. The molecule has 0 saturated heterocycles.